The molecular weight excluding hydrogens is 234 g/mol. The average molecular weight is 255 g/mol. The van der Waals surface area contributed by atoms with Crippen molar-refractivity contribution in [3.63, 3.8) is 0 Å². The summed E-state index contributed by atoms with van der Waals surface area (Å²) >= 11 is 0. The maximum atomic E-state index is 12.0. The number of esters is 1. The first-order valence-corrected chi connectivity index (χ1v) is 5.98. The Morgan fingerprint density at radius 2 is 2.06 bits per heavy atom. The van der Waals surface area contributed by atoms with E-state index in [1.807, 2.05) is 20.8 Å². The summed E-state index contributed by atoms with van der Waals surface area (Å²) in [7, 11) is 0. The third kappa shape index (κ3) is 4.39. The van der Waals surface area contributed by atoms with Crippen molar-refractivity contribution >= 4 is 12.1 Å². The normalized spacial score (nSPS) is 19.9. The summed E-state index contributed by atoms with van der Waals surface area (Å²) in [5.74, 6) is -0.350. The van der Waals surface area contributed by atoms with E-state index in [1.54, 1.807) is 4.90 Å². The summed E-state index contributed by atoms with van der Waals surface area (Å²) in [5.41, 5.74) is 0.408. The molecule has 5 heteroatoms. The highest BCUT2D eigenvalue weighted by Gasteiger charge is 2.34. The van der Waals surface area contributed by atoms with E-state index in [0.29, 0.717) is 13.0 Å². The monoisotopic (exact) mass is 255 g/mol. The van der Waals surface area contributed by atoms with Gasteiger partial charge in [0, 0.05) is 13.5 Å². The predicted molar refractivity (Wildman–Crippen MR) is 67.1 cm³/mol. The van der Waals surface area contributed by atoms with Crippen LogP contribution in [0.4, 0.5) is 4.79 Å². The molecule has 0 aromatic carbocycles. The Labute approximate surface area is 108 Å². The zero-order valence-corrected chi connectivity index (χ0v) is 11.5. The van der Waals surface area contributed by atoms with Crippen molar-refractivity contribution in [2.45, 2.75) is 45.8 Å². The SMILES string of the molecule is C=C1C[C@@H](COC(C)=O)N(C(=O)OC(C)(C)C)C1. The van der Waals surface area contributed by atoms with Crippen molar-refractivity contribution in [1.29, 1.82) is 0 Å². The molecule has 0 saturated carbocycles. The van der Waals surface area contributed by atoms with Crippen LogP contribution >= 0.6 is 0 Å². The van der Waals surface area contributed by atoms with Crippen LogP contribution in [0, 0.1) is 0 Å². The number of nitrogens with zero attached hydrogens (tertiary/aromatic N) is 1. The highest BCUT2D eigenvalue weighted by Crippen LogP contribution is 2.24. The molecule has 1 atom stereocenters. The number of hydrogen-bond acceptors (Lipinski definition) is 4. The summed E-state index contributed by atoms with van der Waals surface area (Å²) < 4.78 is 10.3. The topological polar surface area (TPSA) is 55.8 Å². The molecule has 1 aliphatic rings. The second-order valence-electron chi connectivity index (χ2n) is 5.52. The molecule has 5 nitrogen and oxygen atoms in total. The van der Waals surface area contributed by atoms with E-state index in [4.69, 9.17) is 9.47 Å². The highest BCUT2D eigenvalue weighted by molar-refractivity contribution is 5.70. The second kappa shape index (κ2) is 5.42. The van der Waals surface area contributed by atoms with Gasteiger partial charge in [-0.2, -0.15) is 0 Å². The van der Waals surface area contributed by atoms with Crippen molar-refractivity contribution in [3.05, 3.63) is 12.2 Å². The Balaban J connectivity index is 2.63. The van der Waals surface area contributed by atoms with Gasteiger partial charge < -0.3 is 9.47 Å². The lowest BCUT2D eigenvalue weighted by Crippen LogP contribution is -2.42. The van der Waals surface area contributed by atoms with Crippen LogP contribution in [0.3, 0.4) is 0 Å². The quantitative estimate of drug-likeness (QED) is 0.560. The molecule has 1 amide bonds. The lowest BCUT2D eigenvalue weighted by Gasteiger charge is -2.28. The minimum Gasteiger partial charge on any atom is -0.464 e. The molecule has 0 N–H and O–H groups in total. The van der Waals surface area contributed by atoms with Gasteiger partial charge in [0.25, 0.3) is 0 Å². The molecule has 1 heterocycles. The van der Waals surface area contributed by atoms with Crippen molar-refractivity contribution in [3.8, 4) is 0 Å². The van der Waals surface area contributed by atoms with Crippen LogP contribution in [0.5, 0.6) is 0 Å². The van der Waals surface area contributed by atoms with E-state index in [1.165, 1.54) is 6.92 Å². The third-order valence-corrected chi connectivity index (χ3v) is 2.47. The summed E-state index contributed by atoms with van der Waals surface area (Å²) in [6.45, 7) is 11.3. The Morgan fingerprint density at radius 1 is 1.44 bits per heavy atom. The molecule has 0 aliphatic carbocycles. The van der Waals surface area contributed by atoms with Gasteiger partial charge in [-0.25, -0.2) is 4.79 Å². The van der Waals surface area contributed by atoms with E-state index < -0.39 is 11.7 Å². The standard InChI is InChI=1S/C13H21NO4/c1-9-6-11(8-17-10(2)15)14(7-9)12(16)18-13(3,4)5/h11H,1,6-8H2,2-5H3/t11-/m0/s1. The van der Waals surface area contributed by atoms with Crippen molar-refractivity contribution < 1.29 is 19.1 Å². The molecule has 0 aromatic heterocycles. The summed E-state index contributed by atoms with van der Waals surface area (Å²) in [6.07, 6.45) is 0.255. The number of amides is 1. The van der Waals surface area contributed by atoms with E-state index in [-0.39, 0.29) is 18.6 Å². The van der Waals surface area contributed by atoms with E-state index in [0.717, 1.165) is 5.57 Å². The van der Waals surface area contributed by atoms with Crippen LogP contribution in [0.2, 0.25) is 0 Å². The van der Waals surface area contributed by atoms with Gasteiger partial charge in [-0.3, -0.25) is 9.69 Å². The molecule has 1 saturated heterocycles. The smallest absolute Gasteiger partial charge is 0.410 e. The summed E-state index contributed by atoms with van der Waals surface area (Å²) in [6, 6.07) is -0.170. The maximum absolute atomic E-state index is 12.0. The lowest BCUT2D eigenvalue weighted by atomic mass is 10.2. The number of carbonyl (C=O) groups excluding carboxylic acids is 2. The van der Waals surface area contributed by atoms with Crippen LogP contribution in [-0.4, -0.2) is 41.8 Å². The molecule has 0 unspecified atom stereocenters. The van der Waals surface area contributed by atoms with Gasteiger partial charge in [0.05, 0.1) is 6.04 Å². The number of carbonyl (C=O) groups is 2. The summed E-state index contributed by atoms with van der Waals surface area (Å²) in [4.78, 5) is 24.4. The minimum absolute atomic E-state index is 0.170. The first-order valence-electron chi connectivity index (χ1n) is 5.98. The molecule has 1 aliphatic heterocycles. The fourth-order valence-corrected chi connectivity index (χ4v) is 1.77. The molecule has 102 valence electrons. The first-order chi connectivity index (χ1) is 8.19. The van der Waals surface area contributed by atoms with Gasteiger partial charge >= 0.3 is 12.1 Å². The van der Waals surface area contributed by atoms with Gasteiger partial charge in [-0.1, -0.05) is 12.2 Å². The van der Waals surface area contributed by atoms with Crippen LogP contribution in [0.25, 0.3) is 0 Å². The number of rotatable bonds is 2. The average Bonchev–Trinajstić information content (AvgIpc) is 2.54. The largest absolute Gasteiger partial charge is 0.464 e. The molecule has 0 spiro atoms. The number of likely N-dealkylation sites (tertiary alicyclic amines) is 1. The van der Waals surface area contributed by atoms with Crippen molar-refractivity contribution in [2.75, 3.05) is 13.2 Å². The highest BCUT2D eigenvalue weighted by atomic mass is 16.6. The number of hydrogen-bond donors (Lipinski definition) is 0. The Hall–Kier alpha value is -1.52. The van der Waals surface area contributed by atoms with Gasteiger partial charge in [-0.15, -0.1) is 0 Å². The molecule has 1 rings (SSSR count). The molecule has 18 heavy (non-hydrogen) atoms. The third-order valence-electron chi connectivity index (χ3n) is 2.47. The van der Waals surface area contributed by atoms with Crippen molar-refractivity contribution in [2.24, 2.45) is 0 Å². The van der Waals surface area contributed by atoms with Crippen LogP contribution in [0.15, 0.2) is 12.2 Å². The Morgan fingerprint density at radius 3 is 2.56 bits per heavy atom. The van der Waals surface area contributed by atoms with Crippen LogP contribution in [-0.2, 0) is 14.3 Å². The van der Waals surface area contributed by atoms with Gasteiger partial charge in [0.2, 0.25) is 0 Å². The fourth-order valence-electron chi connectivity index (χ4n) is 1.77. The zero-order chi connectivity index (χ0) is 13.9. The first kappa shape index (κ1) is 14.5. The Kier molecular flexibility index (Phi) is 4.38. The van der Waals surface area contributed by atoms with E-state index in [9.17, 15) is 9.59 Å². The van der Waals surface area contributed by atoms with Crippen molar-refractivity contribution in [1.82, 2.24) is 4.90 Å². The lowest BCUT2D eigenvalue weighted by molar-refractivity contribution is -0.142. The van der Waals surface area contributed by atoms with E-state index >= 15 is 0 Å². The molecule has 0 aromatic rings. The number of ether oxygens (including phenoxy) is 2. The molecule has 1 fully saturated rings. The zero-order valence-electron chi connectivity index (χ0n) is 11.5. The second-order valence-corrected chi connectivity index (χ2v) is 5.52. The summed E-state index contributed by atoms with van der Waals surface area (Å²) in [5, 5.41) is 0. The van der Waals surface area contributed by atoms with Crippen LogP contribution < -0.4 is 0 Å². The van der Waals surface area contributed by atoms with E-state index in [2.05, 4.69) is 6.58 Å². The fraction of sp³-hybridized carbons (Fsp3) is 0.692. The minimum atomic E-state index is -0.535. The van der Waals surface area contributed by atoms with Gasteiger partial charge in [0.1, 0.15) is 12.2 Å². The van der Waals surface area contributed by atoms with Gasteiger partial charge in [0.15, 0.2) is 0 Å². The molecule has 0 radical (unpaired) electrons. The Bertz CT molecular complexity index is 356. The molecule has 0 bridgehead atoms. The predicted octanol–water partition coefficient (Wildman–Crippen LogP) is 2.12. The van der Waals surface area contributed by atoms with Crippen LogP contribution in [0.1, 0.15) is 34.1 Å². The van der Waals surface area contributed by atoms with Gasteiger partial charge in [-0.05, 0) is 27.2 Å². The molecular formula is C13H21NO4. The maximum Gasteiger partial charge on any atom is 0.410 e.